The van der Waals surface area contributed by atoms with Gasteiger partial charge in [0.25, 0.3) is 10.0 Å². The number of hydrogen-bond acceptors (Lipinski definition) is 4. The molecule has 0 saturated carbocycles. The number of thiophene rings is 1. The molecule has 2 N–H and O–H groups in total. The molecule has 0 fully saturated rings. The van der Waals surface area contributed by atoms with Gasteiger partial charge in [0.2, 0.25) is 0 Å². The second-order valence-corrected chi connectivity index (χ2v) is 8.05. The number of nitrogens with one attached hydrogen (secondary N) is 1. The third-order valence-electron chi connectivity index (χ3n) is 2.61. The fourth-order valence-corrected chi connectivity index (χ4v) is 4.67. The Morgan fingerprint density at radius 3 is 2.33 bits per heavy atom. The van der Waals surface area contributed by atoms with Crippen LogP contribution < -0.4 is 4.72 Å². The normalized spacial score (nSPS) is 11.7. The molecule has 0 aliphatic rings. The topological polar surface area (TPSA) is 66.4 Å². The van der Waals surface area contributed by atoms with E-state index in [9.17, 15) is 17.2 Å². The molecule has 2 rings (SSSR count). The Kier molecular flexibility index (Phi) is 4.66. The predicted octanol–water partition coefficient (Wildman–Crippen LogP) is 3.39. The molecule has 1 heterocycles. The van der Waals surface area contributed by atoms with E-state index >= 15 is 0 Å². The van der Waals surface area contributed by atoms with Crippen LogP contribution in [-0.2, 0) is 16.6 Å². The van der Waals surface area contributed by atoms with Gasteiger partial charge in [-0.3, -0.25) is 4.72 Å². The van der Waals surface area contributed by atoms with Crippen molar-refractivity contribution in [2.24, 2.45) is 0 Å². The SMILES string of the molecule is Cc1sc(CO)cc1S(=O)(=O)Nc1c(F)cc(Br)cc1F. The van der Waals surface area contributed by atoms with Crippen LogP contribution in [0.3, 0.4) is 0 Å². The van der Waals surface area contributed by atoms with Crippen molar-refractivity contribution >= 4 is 43.0 Å². The van der Waals surface area contributed by atoms with E-state index in [0.29, 0.717) is 9.75 Å². The summed E-state index contributed by atoms with van der Waals surface area (Å²) in [6.45, 7) is 1.24. The van der Waals surface area contributed by atoms with Crippen molar-refractivity contribution in [2.45, 2.75) is 18.4 Å². The van der Waals surface area contributed by atoms with Gasteiger partial charge < -0.3 is 5.11 Å². The van der Waals surface area contributed by atoms with Crippen molar-refractivity contribution in [1.29, 1.82) is 0 Å². The van der Waals surface area contributed by atoms with E-state index in [1.54, 1.807) is 6.92 Å². The molecule has 0 aliphatic carbocycles. The van der Waals surface area contributed by atoms with Gasteiger partial charge in [0.1, 0.15) is 10.6 Å². The van der Waals surface area contributed by atoms with Gasteiger partial charge in [-0.2, -0.15) is 0 Å². The molecule has 0 aliphatic heterocycles. The van der Waals surface area contributed by atoms with Gasteiger partial charge in [-0.25, -0.2) is 17.2 Å². The minimum Gasteiger partial charge on any atom is -0.391 e. The first-order valence-corrected chi connectivity index (χ1v) is 8.71. The van der Waals surface area contributed by atoms with E-state index in [1.807, 2.05) is 4.72 Å². The average molecular weight is 398 g/mol. The summed E-state index contributed by atoms with van der Waals surface area (Å²) in [6, 6.07) is 3.19. The zero-order valence-electron chi connectivity index (χ0n) is 10.7. The average Bonchev–Trinajstić information content (AvgIpc) is 2.76. The maximum Gasteiger partial charge on any atom is 0.263 e. The lowest BCUT2D eigenvalue weighted by Gasteiger charge is -2.10. The zero-order valence-corrected chi connectivity index (χ0v) is 13.9. The summed E-state index contributed by atoms with van der Waals surface area (Å²) < 4.78 is 53.9. The van der Waals surface area contributed by atoms with Crippen LogP contribution in [0.2, 0.25) is 0 Å². The largest absolute Gasteiger partial charge is 0.391 e. The second kappa shape index (κ2) is 5.99. The molecule has 1 aromatic carbocycles. The lowest BCUT2D eigenvalue weighted by molar-refractivity contribution is 0.285. The van der Waals surface area contributed by atoms with Crippen LogP contribution in [0.15, 0.2) is 27.6 Å². The summed E-state index contributed by atoms with van der Waals surface area (Å²) in [7, 11) is -4.14. The molecule has 9 heteroatoms. The summed E-state index contributed by atoms with van der Waals surface area (Å²) in [5.74, 6) is -2.05. The lowest BCUT2D eigenvalue weighted by atomic mass is 10.3. The highest BCUT2D eigenvalue weighted by atomic mass is 79.9. The lowest BCUT2D eigenvalue weighted by Crippen LogP contribution is -2.15. The van der Waals surface area contributed by atoms with Crippen molar-refractivity contribution in [1.82, 2.24) is 0 Å². The Morgan fingerprint density at radius 2 is 1.86 bits per heavy atom. The Bertz CT molecular complexity index is 767. The summed E-state index contributed by atoms with van der Waals surface area (Å²) >= 11 is 4.01. The van der Waals surface area contributed by atoms with Gasteiger partial charge in [0.05, 0.1) is 6.61 Å². The molecule has 0 unspecified atom stereocenters. The number of aliphatic hydroxyl groups excluding tert-OH is 1. The van der Waals surface area contributed by atoms with Gasteiger partial charge in [0, 0.05) is 14.2 Å². The summed E-state index contributed by atoms with van der Waals surface area (Å²) in [4.78, 5) is 0.757. The van der Waals surface area contributed by atoms with E-state index in [0.717, 1.165) is 23.5 Å². The molecule has 2 aromatic rings. The van der Waals surface area contributed by atoms with Crippen LogP contribution in [0.5, 0.6) is 0 Å². The number of sulfonamides is 1. The first-order chi connectivity index (χ1) is 9.74. The fraction of sp³-hybridized carbons (Fsp3) is 0.167. The molecular weight excluding hydrogens is 388 g/mol. The summed E-state index contributed by atoms with van der Waals surface area (Å²) in [5, 5.41) is 9.02. The zero-order chi connectivity index (χ0) is 15.8. The minimum atomic E-state index is -4.14. The smallest absolute Gasteiger partial charge is 0.263 e. The highest BCUT2D eigenvalue weighted by molar-refractivity contribution is 9.10. The molecule has 0 radical (unpaired) electrons. The van der Waals surface area contributed by atoms with Gasteiger partial charge in [-0.05, 0) is 25.1 Å². The van der Waals surface area contributed by atoms with Crippen LogP contribution in [0.25, 0.3) is 0 Å². The molecule has 0 spiro atoms. The Morgan fingerprint density at radius 1 is 1.29 bits per heavy atom. The Balaban J connectivity index is 2.44. The van der Waals surface area contributed by atoms with Crippen LogP contribution >= 0.6 is 27.3 Å². The minimum absolute atomic E-state index is 0.113. The van der Waals surface area contributed by atoms with Gasteiger partial charge in [0.15, 0.2) is 11.6 Å². The monoisotopic (exact) mass is 397 g/mol. The molecule has 0 atom stereocenters. The summed E-state index contributed by atoms with van der Waals surface area (Å²) in [5.41, 5.74) is -0.741. The Labute approximate surface area is 132 Å². The van der Waals surface area contributed by atoms with Crippen LogP contribution in [0.1, 0.15) is 9.75 Å². The maximum atomic E-state index is 13.7. The molecule has 0 bridgehead atoms. The molecule has 1 aromatic heterocycles. The third-order valence-corrected chi connectivity index (χ3v) is 5.71. The maximum absolute atomic E-state index is 13.7. The molecule has 0 saturated heterocycles. The first-order valence-electron chi connectivity index (χ1n) is 5.62. The molecule has 0 amide bonds. The number of rotatable bonds is 4. The van der Waals surface area contributed by atoms with Crippen molar-refractivity contribution in [3.8, 4) is 0 Å². The van der Waals surface area contributed by atoms with E-state index in [2.05, 4.69) is 15.9 Å². The van der Waals surface area contributed by atoms with E-state index < -0.39 is 27.3 Å². The van der Waals surface area contributed by atoms with Crippen molar-refractivity contribution in [3.63, 3.8) is 0 Å². The van der Waals surface area contributed by atoms with Crippen molar-refractivity contribution in [2.75, 3.05) is 4.72 Å². The molecule has 4 nitrogen and oxygen atoms in total. The van der Waals surface area contributed by atoms with Crippen LogP contribution in [0.4, 0.5) is 14.5 Å². The highest BCUT2D eigenvalue weighted by Crippen LogP contribution is 2.30. The number of halogens is 3. The number of aryl methyl sites for hydroxylation is 1. The van der Waals surface area contributed by atoms with Gasteiger partial charge in [-0.1, -0.05) is 15.9 Å². The number of hydrogen-bond donors (Lipinski definition) is 2. The van der Waals surface area contributed by atoms with E-state index in [-0.39, 0.29) is 16.0 Å². The van der Waals surface area contributed by atoms with E-state index in [1.165, 1.54) is 6.07 Å². The van der Waals surface area contributed by atoms with E-state index in [4.69, 9.17) is 5.11 Å². The first kappa shape index (κ1) is 16.3. The van der Waals surface area contributed by atoms with Crippen molar-refractivity contribution in [3.05, 3.63) is 44.1 Å². The fourth-order valence-electron chi connectivity index (χ4n) is 1.70. The second-order valence-electron chi connectivity index (χ2n) is 4.14. The van der Waals surface area contributed by atoms with Gasteiger partial charge in [-0.15, -0.1) is 11.3 Å². The number of anilines is 1. The van der Waals surface area contributed by atoms with Crippen molar-refractivity contribution < 1.29 is 22.3 Å². The van der Waals surface area contributed by atoms with Gasteiger partial charge >= 0.3 is 0 Å². The van der Waals surface area contributed by atoms with Crippen LogP contribution in [-0.4, -0.2) is 13.5 Å². The number of aliphatic hydroxyl groups is 1. The molecular formula is C12H10BrF2NO3S2. The number of benzene rings is 1. The quantitative estimate of drug-likeness (QED) is 0.830. The molecule has 114 valence electrons. The standard InChI is InChI=1S/C12H10BrF2NO3S2/c1-6-11(4-8(5-17)20-6)21(18,19)16-12-9(14)2-7(13)3-10(12)15/h2-4,16-17H,5H2,1H3. The Hall–Kier alpha value is -1.03. The predicted molar refractivity (Wildman–Crippen MR) is 79.8 cm³/mol. The summed E-state index contributed by atoms with van der Waals surface area (Å²) in [6.07, 6.45) is 0. The van der Waals surface area contributed by atoms with Crippen LogP contribution in [0, 0.1) is 18.6 Å². The third kappa shape index (κ3) is 3.42. The highest BCUT2D eigenvalue weighted by Gasteiger charge is 2.23. The molecule has 21 heavy (non-hydrogen) atoms.